The molecule has 33 heavy (non-hydrogen) atoms. The topological polar surface area (TPSA) is 80.3 Å². The molecule has 1 aromatic heterocycles. The Morgan fingerprint density at radius 2 is 1.73 bits per heavy atom. The Hall–Kier alpha value is -3.07. The van der Waals surface area contributed by atoms with Crippen LogP contribution < -0.4 is 15.4 Å². The first-order valence-electron chi connectivity index (χ1n) is 10.1. The average molecular weight is 498 g/mol. The minimum atomic E-state index is -0.212. The Labute approximate surface area is 204 Å². The Bertz CT molecular complexity index is 1270. The standard InChI is InChI=1S/C24H20ClN3O3S2/c1-2-31-19-10-7-17(8-11-19)26-22(29)14-32-24-28-20-12-9-18(13-21(20)33-24)27-23(30)15-3-5-16(25)6-4-15/h3-13H,2,14H2,1H3,(H,26,29)(H,27,30). The van der Waals surface area contributed by atoms with Crippen molar-refractivity contribution < 1.29 is 14.3 Å². The van der Waals surface area contributed by atoms with Gasteiger partial charge in [0.15, 0.2) is 4.34 Å². The summed E-state index contributed by atoms with van der Waals surface area (Å²) in [4.78, 5) is 29.3. The fourth-order valence-electron chi connectivity index (χ4n) is 2.97. The second-order valence-corrected chi connectivity index (χ2v) is 9.61. The molecule has 9 heteroatoms. The average Bonchev–Trinajstić information content (AvgIpc) is 3.22. The molecule has 1 heterocycles. The highest BCUT2D eigenvalue weighted by molar-refractivity contribution is 8.01. The fraction of sp³-hybridized carbons (Fsp3) is 0.125. The van der Waals surface area contributed by atoms with Crippen molar-refractivity contribution in [3.63, 3.8) is 0 Å². The highest BCUT2D eigenvalue weighted by Gasteiger charge is 2.11. The number of benzene rings is 3. The lowest BCUT2D eigenvalue weighted by Crippen LogP contribution is -2.13. The first kappa shape index (κ1) is 23.1. The zero-order valence-electron chi connectivity index (χ0n) is 17.6. The predicted octanol–water partition coefficient (Wildman–Crippen LogP) is 6.33. The van der Waals surface area contributed by atoms with E-state index in [1.807, 2.05) is 49.4 Å². The molecule has 2 amide bonds. The number of thioether (sulfide) groups is 1. The lowest BCUT2D eigenvalue weighted by atomic mass is 10.2. The van der Waals surface area contributed by atoms with Crippen LogP contribution in [0.4, 0.5) is 11.4 Å². The van der Waals surface area contributed by atoms with E-state index in [4.69, 9.17) is 16.3 Å². The third kappa shape index (κ3) is 6.25. The van der Waals surface area contributed by atoms with Gasteiger partial charge in [0.2, 0.25) is 5.91 Å². The lowest BCUT2D eigenvalue weighted by Gasteiger charge is -2.06. The second-order valence-electron chi connectivity index (χ2n) is 6.92. The number of halogens is 1. The van der Waals surface area contributed by atoms with Crippen LogP contribution in [-0.2, 0) is 4.79 Å². The number of ether oxygens (including phenoxy) is 1. The van der Waals surface area contributed by atoms with Gasteiger partial charge < -0.3 is 15.4 Å². The molecule has 0 fully saturated rings. The number of nitrogens with zero attached hydrogens (tertiary/aromatic N) is 1. The van der Waals surface area contributed by atoms with Gasteiger partial charge in [-0.05, 0) is 73.7 Å². The number of hydrogen-bond donors (Lipinski definition) is 2. The van der Waals surface area contributed by atoms with Crippen molar-refractivity contribution in [1.82, 2.24) is 4.98 Å². The summed E-state index contributed by atoms with van der Waals surface area (Å²) in [6, 6.07) is 19.5. The third-order valence-corrected chi connectivity index (χ3v) is 6.92. The summed E-state index contributed by atoms with van der Waals surface area (Å²) >= 11 is 8.73. The van der Waals surface area contributed by atoms with Crippen LogP contribution in [0.5, 0.6) is 5.75 Å². The van der Waals surface area contributed by atoms with Crippen molar-refractivity contribution in [1.29, 1.82) is 0 Å². The van der Waals surface area contributed by atoms with Crippen LogP contribution in [0.3, 0.4) is 0 Å². The minimum Gasteiger partial charge on any atom is -0.494 e. The quantitative estimate of drug-likeness (QED) is 0.278. The van der Waals surface area contributed by atoms with Crippen molar-refractivity contribution in [3.8, 4) is 5.75 Å². The molecular weight excluding hydrogens is 478 g/mol. The first-order valence-corrected chi connectivity index (χ1v) is 12.3. The maximum atomic E-state index is 12.4. The Morgan fingerprint density at radius 1 is 1.00 bits per heavy atom. The number of amides is 2. The molecule has 0 spiro atoms. The zero-order valence-corrected chi connectivity index (χ0v) is 20.0. The van der Waals surface area contributed by atoms with Crippen LogP contribution in [0.1, 0.15) is 17.3 Å². The number of nitrogens with one attached hydrogen (secondary N) is 2. The molecule has 0 saturated carbocycles. The van der Waals surface area contributed by atoms with Gasteiger partial charge in [-0.2, -0.15) is 0 Å². The summed E-state index contributed by atoms with van der Waals surface area (Å²) in [6.07, 6.45) is 0. The van der Waals surface area contributed by atoms with E-state index >= 15 is 0 Å². The van der Waals surface area contributed by atoms with Gasteiger partial charge in [-0.25, -0.2) is 4.98 Å². The summed E-state index contributed by atoms with van der Waals surface area (Å²) in [5.74, 6) is 0.686. The van der Waals surface area contributed by atoms with Crippen LogP contribution in [0, 0.1) is 0 Å². The van der Waals surface area contributed by atoms with Crippen molar-refractivity contribution >= 4 is 68.1 Å². The van der Waals surface area contributed by atoms with Crippen molar-refractivity contribution in [2.75, 3.05) is 23.0 Å². The van der Waals surface area contributed by atoms with Crippen molar-refractivity contribution in [2.45, 2.75) is 11.3 Å². The van der Waals surface area contributed by atoms with E-state index in [0.29, 0.717) is 22.9 Å². The summed E-state index contributed by atoms with van der Waals surface area (Å²) in [5.41, 5.74) is 2.74. The van der Waals surface area contributed by atoms with E-state index in [9.17, 15) is 9.59 Å². The molecule has 2 N–H and O–H groups in total. The summed E-state index contributed by atoms with van der Waals surface area (Å²) in [7, 11) is 0. The molecule has 0 saturated heterocycles. The molecule has 4 aromatic rings. The number of fused-ring (bicyclic) bond motifs is 1. The first-order chi connectivity index (χ1) is 16.0. The number of hydrogen-bond acceptors (Lipinski definition) is 6. The van der Waals surface area contributed by atoms with E-state index in [1.54, 1.807) is 24.3 Å². The largest absolute Gasteiger partial charge is 0.494 e. The SMILES string of the molecule is CCOc1ccc(NC(=O)CSc2nc3ccc(NC(=O)c4ccc(Cl)cc4)cc3s2)cc1. The number of anilines is 2. The van der Waals surface area contributed by atoms with Gasteiger partial charge in [-0.3, -0.25) is 9.59 Å². The van der Waals surface area contributed by atoms with Gasteiger partial charge >= 0.3 is 0 Å². The van der Waals surface area contributed by atoms with Gasteiger partial charge in [0.1, 0.15) is 5.75 Å². The third-order valence-electron chi connectivity index (χ3n) is 4.51. The van der Waals surface area contributed by atoms with Gasteiger partial charge in [-0.15, -0.1) is 11.3 Å². The van der Waals surface area contributed by atoms with Gasteiger partial charge in [-0.1, -0.05) is 23.4 Å². The van der Waals surface area contributed by atoms with Crippen LogP contribution in [0.2, 0.25) is 5.02 Å². The van der Waals surface area contributed by atoms with Crippen molar-refractivity contribution in [2.24, 2.45) is 0 Å². The number of carbonyl (C=O) groups is 2. The Kier molecular flexibility index (Phi) is 7.49. The molecule has 0 radical (unpaired) electrons. The molecule has 0 aliphatic heterocycles. The van der Waals surface area contributed by atoms with Crippen LogP contribution in [0.15, 0.2) is 71.1 Å². The normalized spacial score (nSPS) is 10.7. The number of carbonyl (C=O) groups excluding carboxylic acids is 2. The smallest absolute Gasteiger partial charge is 0.255 e. The highest BCUT2D eigenvalue weighted by Crippen LogP contribution is 2.31. The molecule has 3 aromatic carbocycles. The van der Waals surface area contributed by atoms with Crippen molar-refractivity contribution in [3.05, 3.63) is 77.3 Å². The molecular formula is C24H20ClN3O3S2. The molecule has 168 valence electrons. The maximum absolute atomic E-state index is 12.4. The molecule has 6 nitrogen and oxygen atoms in total. The van der Waals surface area contributed by atoms with E-state index in [2.05, 4.69) is 15.6 Å². The Balaban J connectivity index is 1.34. The van der Waals surface area contributed by atoms with Crippen LogP contribution in [0.25, 0.3) is 10.2 Å². The monoisotopic (exact) mass is 497 g/mol. The number of thiazole rings is 1. The lowest BCUT2D eigenvalue weighted by molar-refractivity contribution is -0.113. The number of aromatic nitrogens is 1. The van der Waals surface area contributed by atoms with Crippen LogP contribution in [-0.4, -0.2) is 29.2 Å². The minimum absolute atomic E-state index is 0.112. The second kappa shape index (κ2) is 10.7. The zero-order chi connectivity index (χ0) is 23.2. The summed E-state index contributed by atoms with van der Waals surface area (Å²) in [5, 5.41) is 6.34. The molecule has 0 bridgehead atoms. The molecule has 4 rings (SSSR count). The van der Waals surface area contributed by atoms with E-state index in [-0.39, 0.29) is 17.6 Å². The van der Waals surface area contributed by atoms with Crippen LogP contribution >= 0.6 is 34.7 Å². The van der Waals surface area contributed by atoms with E-state index < -0.39 is 0 Å². The van der Waals surface area contributed by atoms with E-state index in [1.165, 1.54) is 23.1 Å². The van der Waals surface area contributed by atoms with Gasteiger partial charge in [0, 0.05) is 22.0 Å². The maximum Gasteiger partial charge on any atom is 0.255 e. The molecule has 0 unspecified atom stereocenters. The van der Waals surface area contributed by atoms with Gasteiger partial charge in [0.05, 0.1) is 22.6 Å². The van der Waals surface area contributed by atoms with E-state index in [0.717, 1.165) is 26.0 Å². The molecule has 0 aliphatic rings. The predicted molar refractivity (Wildman–Crippen MR) is 136 cm³/mol. The summed E-state index contributed by atoms with van der Waals surface area (Å²) < 4.78 is 7.12. The highest BCUT2D eigenvalue weighted by atomic mass is 35.5. The fourth-order valence-corrected chi connectivity index (χ4v) is 5.01. The molecule has 0 atom stereocenters. The summed E-state index contributed by atoms with van der Waals surface area (Å²) in [6.45, 7) is 2.52. The molecule has 0 aliphatic carbocycles. The Morgan fingerprint density at radius 3 is 2.45 bits per heavy atom. The van der Waals surface area contributed by atoms with Gasteiger partial charge in [0.25, 0.3) is 5.91 Å². The number of rotatable bonds is 8.